The van der Waals surface area contributed by atoms with Crippen LogP contribution in [-0.4, -0.2) is 18.1 Å². The number of ether oxygens (including phenoxy) is 1. The second-order valence-electron chi connectivity index (χ2n) is 4.39. The van der Waals surface area contributed by atoms with Crippen molar-refractivity contribution in [2.75, 3.05) is 0 Å². The summed E-state index contributed by atoms with van der Waals surface area (Å²) in [5.41, 5.74) is 0. The summed E-state index contributed by atoms with van der Waals surface area (Å²) in [7, 11) is -1.12. The van der Waals surface area contributed by atoms with Crippen LogP contribution < -0.4 is 10.6 Å². The molecule has 0 bridgehead atoms. The second kappa shape index (κ2) is 6.44. The summed E-state index contributed by atoms with van der Waals surface area (Å²) in [6.07, 6.45) is 0.715. The number of hydrogen-bond donors (Lipinski definition) is 0. The number of rotatable bonds is 6. The van der Waals surface area contributed by atoms with E-state index in [-0.39, 0.29) is 0 Å². The third-order valence-corrected chi connectivity index (χ3v) is 5.71. The Kier molecular flexibility index (Phi) is 4.65. The van der Waals surface area contributed by atoms with Crippen molar-refractivity contribution in [3.8, 4) is 0 Å². The van der Waals surface area contributed by atoms with Crippen molar-refractivity contribution in [1.82, 2.24) is 0 Å². The van der Waals surface area contributed by atoms with Crippen LogP contribution in [0.25, 0.3) is 0 Å². The van der Waals surface area contributed by atoms with Crippen LogP contribution in [-0.2, 0) is 14.3 Å². The molecule has 2 aromatic carbocycles. The largest absolute Gasteiger partial charge is 0.449 e. The Labute approximate surface area is 119 Å². The van der Waals surface area contributed by atoms with Gasteiger partial charge in [-0.25, -0.2) is 0 Å². The summed E-state index contributed by atoms with van der Waals surface area (Å²) in [5.74, 6) is 0. The van der Waals surface area contributed by atoms with E-state index >= 15 is 0 Å². The second-order valence-corrected chi connectivity index (χ2v) is 6.98. The smallest absolute Gasteiger partial charge is 0.294 e. The van der Waals surface area contributed by atoms with Gasteiger partial charge in [-0.1, -0.05) is 60.7 Å². The van der Waals surface area contributed by atoms with Gasteiger partial charge in [0.05, 0.1) is 0 Å². The minimum absolute atomic E-state index is 0.343. The SMILES string of the molecule is CC(C=O)(OC=O)P(c1ccccc1)c1ccccc1. The van der Waals surface area contributed by atoms with Crippen molar-refractivity contribution in [3.63, 3.8) is 0 Å². The van der Waals surface area contributed by atoms with Crippen LogP contribution in [0.5, 0.6) is 0 Å². The monoisotopic (exact) mass is 286 g/mol. The minimum atomic E-state index is -1.17. The molecular formula is C16H15O3P. The third kappa shape index (κ3) is 2.94. The Morgan fingerprint density at radius 3 is 1.70 bits per heavy atom. The van der Waals surface area contributed by atoms with E-state index in [4.69, 9.17) is 4.74 Å². The molecule has 0 aliphatic heterocycles. The van der Waals surface area contributed by atoms with Gasteiger partial charge < -0.3 is 4.74 Å². The summed E-state index contributed by atoms with van der Waals surface area (Å²) >= 11 is 0. The van der Waals surface area contributed by atoms with Gasteiger partial charge >= 0.3 is 0 Å². The van der Waals surface area contributed by atoms with Gasteiger partial charge in [0, 0.05) is 7.92 Å². The Morgan fingerprint density at radius 2 is 1.35 bits per heavy atom. The highest BCUT2D eigenvalue weighted by Gasteiger charge is 2.38. The fraction of sp³-hybridized carbons (Fsp3) is 0.125. The van der Waals surface area contributed by atoms with Crippen LogP contribution in [0.3, 0.4) is 0 Å². The van der Waals surface area contributed by atoms with Crippen molar-refractivity contribution in [3.05, 3.63) is 60.7 Å². The molecule has 0 aliphatic rings. The lowest BCUT2D eigenvalue weighted by molar-refractivity contribution is -0.140. The first kappa shape index (κ1) is 14.4. The standard InChI is InChI=1S/C16H15O3P/c1-16(12-17,19-13-18)20(14-8-4-2-5-9-14)15-10-6-3-7-11-15/h2-13H,1H3. The maximum atomic E-state index is 11.5. The molecule has 2 rings (SSSR count). The molecule has 20 heavy (non-hydrogen) atoms. The normalized spacial score (nSPS) is 13.5. The van der Waals surface area contributed by atoms with E-state index in [1.807, 2.05) is 60.7 Å². The Balaban J connectivity index is 2.55. The molecule has 102 valence electrons. The molecule has 0 spiro atoms. The highest BCUT2D eigenvalue weighted by atomic mass is 31.1. The Morgan fingerprint density at radius 1 is 0.900 bits per heavy atom. The van der Waals surface area contributed by atoms with Gasteiger partial charge in [-0.05, 0) is 17.5 Å². The first-order valence-corrected chi connectivity index (χ1v) is 7.53. The zero-order valence-electron chi connectivity index (χ0n) is 11.1. The molecule has 0 radical (unpaired) electrons. The molecule has 0 saturated carbocycles. The van der Waals surface area contributed by atoms with Crippen LogP contribution >= 0.6 is 7.92 Å². The van der Waals surface area contributed by atoms with Gasteiger partial charge in [-0.3, -0.25) is 9.59 Å². The fourth-order valence-electron chi connectivity index (χ4n) is 2.05. The van der Waals surface area contributed by atoms with E-state index < -0.39 is 13.3 Å². The molecule has 0 heterocycles. The first-order valence-electron chi connectivity index (χ1n) is 6.19. The van der Waals surface area contributed by atoms with Crippen molar-refractivity contribution >= 4 is 31.3 Å². The zero-order valence-corrected chi connectivity index (χ0v) is 12.0. The van der Waals surface area contributed by atoms with Gasteiger partial charge in [-0.2, -0.15) is 0 Å². The van der Waals surface area contributed by atoms with Gasteiger partial charge in [0.1, 0.15) is 0 Å². The number of aldehydes is 1. The average molecular weight is 286 g/mol. The Hall–Kier alpha value is -1.99. The maximum absolute atomic E-state index is 11.5. The van der Waals surface area contributed by atoms with Crippen LogP contribution in [0, 0.1) is 0 Å². The predicted molar refractivity (Wildman–Crippen MR) is 80.7 cm³/mol. The molecule has 0 saturated heterocycles. The fourth-order valence-corrected chi connectivity index (χ4v) is 4.56. The molecule has 0 aliphatic carbocycles. The molecule has 0 N–H and O–H groups in total. The van der Waals surface area contributed by atoms with Gasteiger partial charge in [0.15, 0.2) is 11.6 Å². The predicted octanol–water partition coefficient (Wildman–Crippen LogP) is 2.21. The van der Waals surface area contributed by atoms with Crippen LogP contribution in [0.1, 0.15) is 6.92 Å². The van der Waals surface area contributed by atoms with Crippen LogP contribution in [0.15, 0.2) is 60.7 Å². The molecule has 4 heteroatoms. The minimum Gasteiger partial charge on any atom is -0.449 e. The van der Waals surface area contributed by atoms with Crippen molar-refractivity contribution in [1.29, 1.82) is 0 Å². The molecule has 2 aromatic rings. The maximum Gasteiger partial charge on any atom is 0.294 e. The van der Waals surface area contributed by atoms with Crippen LogP contribution in [0.2, 0.25) is 0 Å². The average Bonchev–Trinajstić information content (AvgIpc) is 2.50. The molecule has 0 aromatic heterocycles. The molecule has 3 nitrogen and oxygen atoms in total. The van der Waals surface area contributed by atoms with Crippen molar-refractivity contribution in [2.45, 2.75) is 12.3 Å². The molecular weight excluding hydrogens is 271 g/mol. The van der Waals surface area contributed by atoms with Crippen LogP contribution in [0.4, 0.5) is 0 Å². The summed E-state index contributed by atoms with van der Waals surface area (Å²) in [6.45, 7) is 2.00. The number of hydrogen-bond acceptors (Lipinski definition) is 3. The van der Waals surface area contributed by atoms with E-state index in [9.17, 15) is 9.59 Å². The quantitative estimate of drug-likeness (QED) is 0.604. The highest BCUT2D eigenvalue weighted by Crippen LogP contribution is 2.47. The molecule has 0 amide bonds. The summed E-state index contributed by atoms with van der Waals surface area (Å²) in [5, 5.41) is 0.815. The first-order chi connectivity index (χ1) is 9.71. The van der Waals surface area contributed by atoms with E-state index in [1.54, 1.807) is 6.92 Å². The summed E-state index contributed by atoms with van der Waals surface area (Å²) < 4.78 is 5.13. The van der Waals surface area contributed by atoms with E-state index in [0.717, 1.165) is 10.6 Å². The van der Waals surface area contributed by atoms with Crippen molar-refractivity contribution < 1.29 is 14.3 Å². The summed E-state index contributed by atoms with van der Waals surface area (Å²) in [4.78, 5) is 22.3. The zero-order chi connectivity index (χ0) is 14.4. The van der Waals surface area contributed by atoms with Gasteiger partial charge in [0.25, 0.3) is 6.47 Å². The van der Waals surface area contributed by atoms with E-state index in [0.29, 0.717) is 12.8 Å². The van der Waals surface area contributed by atoms with E-state index in [1.165, 1.54) is 0 Å². The lowest BCUT2D eigenvalue weighted by atomic mass is 10.4. The molecule has 1 atom stereocenters. The van der Waals surface area contributed by atoms with E-state index in [2.05, 4.69) is 0 Å². The molecule has 0 fully saturated rings. The lowest BCUT2D eigenvalue weighted by Gasteiger charge is -2.32. The highest BCUT2D eigenvalue weighted by molar-refractivity contribution is 7.75. The third-order valence-electron chi connectivity index (χ3n) is 2.98. The lowest BCUT2D eigenvalue weighted by Crippen LogP contribution is -2.36. The number of benzene rings is 2. The van der Waals surface area contributed by atoms with Gasteiger partial charge in [-0.15, -0.1) is 0 Å². The Bertz CT molecular complexity index is 531. The number of carbonyl (C=O) groups is 2. The van der Waals surface area contributed by atoms with Crippen molar-refractivity contribution in [2.24, 2.45) is 0 Å². The molecule has 1 unspecified atom stereocenters. The number of carbonyl (C=O) groups excluding carboxylic acids is 2. The topological polar surface area (TPSA) is 43.4 Å². The van der Waals surface area contributed by atoms with Gasteiger partial charge in [0.2, 0.25) is 0 Å². The summed E-state index contributed by atoms with van der Waals surface area (Å²) in [6, 6.07) is 19.3.